The molecule has 3 heteroatoms. The van der Waals surface area contributed by atoms with E-state index in [4.69, 9.17) is 5.73 Å². The molecule has 2 nitrogen and oxygen atoms in total. The van der Waals surface area contributed by atoms with Gasteiger partial charge < -0.3 is 5.73 Å². The van der Waals surface area contributed by atoms with Gasteiger partial charge in [0.25, 0.3) is 0 Å². The van der Waals surface area contributed by atoms with Crippen molar-refractivity contribution in [3.63, 3.8) is 0 Å². The molecule has 19 heavy (non-hydrogen) atoms. The molecule has 0 heterocycles. The van der Waals surface area contributed by atoms with E-state index < -0.39 is 0 Å². The minimum atomic E-state index is 0.451. The van der Waals surface area contributed by atoms with Crippen molar-refractivity contribution >= 4 is 11.8 Å². The highest BCUT2D eigenvalue weighted by Gasteiger charge is 2.09. The Morgan fingerprint density at radius 2 is 1.84 bits per heavy atom. The predicted octanol–water partition coefficient (Wildman–Crippen LogP) is 3.32. The standard InChI is InChI=1S/C16H28N2S/c1-13(11-17)16-7-5-15(6-8-16)12-18(3)14(2)9-10-19-4/h5-8,13-14H,9-12,17H2,1-4H3. The van der Waals surface area contributed by atoms with Crippen molar-refractivity contribution in [1.82, 2.24) is 4.90 Å². The summed E-state index contributed by atoms with van der Waals surface area (Å²) in [5, 5.41) is 0. The van der Waals surface area contributed by atoms with Crippen LogP contribution in [-0.4, -0.2) is 36.5 Å². The van der Waals surface area contributed by atoms with E-state index >= 15 is 0 Å². The average molecular weight is 280 g/mol. The maximum Gasteiger partial charge on any atom is 0.0233 e. The zero-order valence-corrected chi connectivity index (χ0v) is 13.5. The van der Waals surface area contributed by atoms with Crippen molar-refractivity contribution in [3.05, 3.63) is 35.4 Å². The average Bonchev–Trinajstić information content (AvgIpc) is 2.44. The molecule has 0 aliphatic heterocycles. The first kappa shape index (κ1) is 16.5. The van der Waals surface area contributed by atoms with Gasteiger partial charge in [0.2, 0.25) is 0 Å². The lowest BCUT2D eigenvalue weighted by atomic mass is 10.00. The summed E-state index contributed by atoms with van der Waals surface area (Å²) in [5.41, 5.74) is 8.42. The molecule has 1 aromatic rings. The van der Waals surface area contributed by atoms with E-state index in [1.165, 1.54) is 23.3 Å². The van der Waals surface area contributed by atoms with Crippen LogP contribution in [0.2, 0.25) is 0 Å². The largest absolute Gasteiger partial charge is 0.330 e. The lowest BCUT2D eigenvalue weighted by molar-refractivity contribution is 0.245. The second-order valence-electron chi connectivity index (χ2n) is 5.42. The molecule has 0 aliphatic rings. The molecule has 108 valence electrons. The van der Waals surface area contributed by atoms with Crippen molar-refractivity contribution in [1.29, 1.82) is 0 Å². The van der Waals surface area contributed by atoms with E-state index in [-0.39, 0.29) is 0 Å². The smallest absolute Gasteiger partial charge is 0.0233 e. The van der Waals surface area contributed by atoms with Gasteiger partial charge >= 0.3 is 0 Å². The Morgan fingerprint density at radius 3 is 2.37 bits per heavy atom. The van der Waals surface area contributed by atoms with Gasteiger partial charge in [-0.05, 0) is 56.0 Å². The fourth-order valence-corrected chi connectivity index (χ4v) is 2.62. The van der Waals surface area contributed by atoms with Crippen molar-refractivity contribution in [2.75, 3.05) is 25.6 Å². The molecule has 0 amide bonds. The highest BCUT2D eigenvalue weighted by Crippen LogP contribution is 2.16. The number of rotatable bonds is 8. The number of benzene rings is 1. The van der Waals surface area contributed by atoms with Crippen LogP contribution in [0.3, 0.4) is 0 Å². The van der Waals surface area contributed by atoms with Crippen LogP contribution >= 0.6 is 11.8 Å². The monoisotopic (exact) mass is 280 g/mol. The summed E-state index contributed by atoms with van der Waals surface area (Å²) in [4.78, 5) is 2.43. The molecule has 0 aliphatic carbocycles. The van der Waals surface area contributed by atoms with Gasteiger partial charge in [0.15, 0.2) is 0 Å². The Hall–Kier alpha value is -0.510. The van der Waals surface area contributed by atoms with Gasteiger partial charge in [-0.2, -0.15) is 11.8 Å². The molecule has 0 fully saturated rings. The molecule has 0 radical (unpaired) electrons. The van der Waals surface area contributed by atoms with Crippen molar-refractivity contribution in [2.24, 2.45) is 5.73 Å². The molecule has 1 rings (SSSR count). The Bertz CT molecular complexity index is 350. The van der Waals surface area contributed by atoms with Crippen molar-refractivity contribution < 1.29 is 0 Å². The zero-order chi connectivity index (χ0) is 14.3. The molecule has 0 spiro atoms. The molecule has 0 bridgehead atoms. The molecule has 0 saturated heterocycles. The molecule has 1 aromatic carbocycles. The van der Waals surface area contributed by atoms with Gasteiger partial charge in [-0.3, -0.25) is 4.90 Å². The van der Waals surface area contributed by atoms with Gasteiger partial charge in [0.05, 0.1) is 0 Å². The quantitative estimate of drug-likeness (QED) is 0.792. The van der Waals surface area contributed by atoms with Crippen LogP contribution in [0.15, 0.2) is 24.3 Å². The van der Waals surface area contributed by atoms with Gasteiger partial charge in [-0.25, -0.2) is 0 Å². The normalized spacial score (nSPS) is 14.6. The van der Waals surface area contributed by atoms with E-state index in [1.54, 1.807) is 0 Å². The fraction of sp³-hybridized carbons (Fsp3) is 0.625. The summed E-state index contributed by atoms with van der Waals surface area (Å²) in [7, 11) is 2.21. The molecule has 0 aromatic heterocycles. The Labute approximate surface area is 122 Å². The number of nitrogens with two attached hydrogens (primary N) is 1. The van der Waals surface area contributed by atoms with Crippen LogP contribution in [0.4, 0.5) is 0 Å². The molecule has 2 unspecified atom stereocenters. The summed E-state index contributed by atoms with van der Waals surface area (Å²) >= 11 is 1.92. The Morgan fingerprint density at radius 1 is 1.21 bits per heavy atom. The van der Waals surface area contributed by atoms with Gasteiger partial charge in [0, 0.05) is 12.6 Å². The second kappa shape index (κ2) is 8.62. The summed E-state index contributed by atoms with van der Waals surface area (Å²) in [6, 6.07) is 9.54. The minimum Gasteiger partial charge on any atom is -0.330 e. The van der Waals surface area contributed by atoms with Crippen LogP contribution in [0.1, 0.15) is 37.3 Å². The fourth-order valence-electron chi connectivity index (χ4n) is 2.04. The van der Waals surface area contributed by atoms with E-state index in [0.717, 1.165) is 6.54 Å². The summed E-state index contributed by atoms with van der Waals surface area (Å²) in [6.45, 7) is 6.21. The molecule has 2 N–H and O–H groups in total. The third-order valence-electron chi connectivity index (χ3n) is 3.83. The van der Waals surface area contributed by atoms with E-state index in [2.05, 4.69) is 56.3 Å². The highest BCUT2D eigenvalue weighted by molar-refractivity contribution is 7.98. The Kier molecular flexibility index (Phi) is 7.51. The number of hydrogen-bond acceptors (Lipinski definition) is 3. The second-order valence-corrected chi connectivity index (χ2v) is 6.41. The van der Waals surface area contributed by atoms with Gasteiger partial charge in [0.1, 0.15) is 0 Å². The van der Waals surface area contributed by atoms with E-state index in [1.807, 2.05) is 11.8 Å². The van der Waals surface area contributed by atoms with Gasteiger partial charge in [-0.15, -0.1) is 0 Å². The Balaban J connectivity index is 2.52. The summed E-state index contributed by atoms with van der Waals surface area (Å²) in [5.74, 6) is 1.69. The molecular weight excluding hydrogens is 252 g/mol. The topological polar surface area (TPSA) is 29.3 Å². The molecular formula is C16H28N2S. The van der Waals surface area contributed by atoms with Crippen LogP contribution in [0.5, 0.6) is 0 Å². The SMILES string of the molecule is CSCCC(C)N(C)Cc1ccc(C(C)CN)cc1. The predicted molar refractivity (Wildman–Crippen MR) is 87.8 cm³/mol. The van der Waals surface area contributed by atoms with E-state index in [9.17, 15) is 0 Å². The minimum absolute atomic E-state index is 0.451. The van der Waals surface area contributed by atoms with Crippen molar-refractivity contribution in [3.8, 4) is 0 Å². The van der Waals surface area contributed by atoms with Crippen LogP contribution < -0.4 is 5.73 Å². The summed E-state index contributed by atoms with van der Waals surface area (Å²) in [6.07, 6.45) is 3.42. The molecule has 0 saturated carbocycles. The van der Waals surface area contributed by atoms with Crippen LogP contribution in [-0.2, 0) is 6.54 Å². The number of hydrogen-bond donors (Lipinski definition) is 1. The van der Waals surface area contributed by atoms with Crippen LogP contribution in [0, 0.1) is 0 Å². The van der Waals surface area contributed by atoms with E-state index in [0.29, 0.717) is 18.5 Å². The lowest BCUT2D eigenvalue weighted by Gasteiger charge is -2.24. The first-order valence-electron chi connectivity index (χ1n) is 7.06. The lowest BCUT2D eigenvalue weighted by Crippen LogP contribution is -2.29. The van der Waals surface area contributed by atoms with Gasteiger partial charge in [-0.1, -0.05) is 31.2 Å². The maximum absolute atomic E-state index is 5.70. The molecule has 2 atom stereocenters. The number of thioether (sulfide) groups is 1. The first-order chi connectivity index (χ1) is 9.08. The zero-order valence-electron chi connectivity index (χ0n) is 12.7. The third-order valence-corrected chi connectivity index (χ3v) is 4.47. The summed E-state index contributed by atoms with van der Waals surface area (Å²) < 4.78 is 0. The first-order valence-corrected chi connectivity index (χ1v) is 8.46. The third kappa shape index (κ3) is 5.55. The highest BCUT2D eigenvalue weighted by atomic mass is 32.2. The number of nitrogens with zero attached hydrogens (tertiary/aromatic N) is 1. The van der Waals surface area contributed by atoms with Crippen molar-refractivity contribution in [2.45, 2.75) is 38.8 Å². The maximum atomic E-state index is 5.70. The van der Waals surface area contributed by atoms with Crippen LogP contribution in [0.25, 0.3) is 0 Å².